The first-order valence-electron chi connectivity index (χ1n) is 6.77. The van der Waals surface area contributed by atoms with Crippen molar-refractivity contribution in [3.8, 4) is 0 Å². The van der Waals surface area contributed by atoms with Crippen LogP contribution in [0.1, 0.15) is 39.0 Å². The second kappa shape index (κ2) is 7.52. The van der Waals surface area contributed by atoms with Crippen molar-refractivity contribution in [2.45, 2.75) is 39.0 Å². The van der Waals surface area contributed by atoms with Crippen molar-refractivity contribution in [3.05, 3.63) is 0 Å². The molecule has 2 rings (SSSR count). The molecule has 0 saturated carbocycles. The lowest BCUT2D eigenvalue weighted by Crippen LogP contribution is -2.37. The Morgan fingerprint density at radius 1 is 1.12 bits per heavy atom. The maximum atomic E-state index is 3.45. The molecule has 96 valence electrons. The fourth-order valence-electron chi connectivity index (χ4n) is 3.05. The molecule has 1 atom stereocenters. The highest BCUT2D eigenvalue weighted by Crippen LogP contribution is 2.19. The summed E-state index contributed by atoms with van der Waals surface area (Å²) in [7, 11) is 0. The van der Waals surface area contributed by atoms with Gasteiger partial charge in [0.15, 0.2) is 0 Å². The van der Waals surface area contributed by atoms with E-state index in [4.69, 9.17) is 0 Å². The quantitative estimate of drug-likeness (QED) is 0.806. The van der Waals surface area contributed by atoms with Crippen LogP contribution in [0.5, 0.6) is 0 Å². The van der Waals surface area contributed by atoms with Gasteiger partial charge in [-0.15, -0.1) is 12.4 Å². The zero-order valence-corrected chi connectivity index (χ0v) is 11.4. The fourth-order valence-corrected chi connectivity index (χ4v) is 3.05. The Hall–Kier alpha value is 0.210. The molecule has 1 N–H and O–H groups in total. The van der Waals surface area contributed by atoms with Crippen LogP contribution in [0.25, 0.3) is 0 Å². The Balaban J connectivity index is 0.00000128. The van der Waals surface area contributed by atoms with Crippen molar-refractivity contribution >= 4 is 12.4 Å². The Bertz CT molecular complexity index is 181. The van der Waals surface area contributed by atoms with Gasteiger partial charge >= 0.3 is 0 Å². The van der Waals surface area contributed by atoms with Gasteiger partial charge in [-0.25, -0.2) is 0 Å². The van der Waals surface area contributed by atoms with Gasteiger partial charge in [-0.05, 0) is 57.2 Å². The van der Waals surface area contributed by atoms with Crippen LogP contribution in [0, 0.1) is 11.8 Å². The summed E-state index contributed by atoms with van der Waals surface area (Å²) in [5, 5.41) is 3.45. The summed E-state index contributed by atoms with van der Waals surface area (Å²) in [6, 6.07) is 0. The van der Waals surface area contributed by atoms with Gasteiger partial charge in [0.1, 0.15) is 0 Å². The molecule has 2 saturated heterocycles. The summed E-state index contributed by atoms with van der Waals surface area (Å²) < 4.78 is 0. The van der Waals surface area contributed by atoms with E-state index in [-0.39, 0.29) is 12.4 Å². The largest absolute Gasteiger partial charge is 0.317 e. The summed E-state index contributed by atoms with van der Waals surface area (Å²) >= 11 is 0. The molecule has 3 heteroatoms. The van der Waals surface area contributed by atoms with Crippen LogP contribution >= 0.6 is 12.4 Å². The van der Waals surface area contributed by atoms with Crippen LogP contribution < -0.4 is 5.32 Å². The van der Waals surface area contributed by atoms with Gasteiger partial charge in [0.05, 0.1) is 0 Å². The van der Waals surface area contributed by atoms with Crippen LogP contribution in [0.3, 0.4) is 0 Å². The molecule has 2 nitrogen and oxygen atoms in total. The van der Waals surface area contributed by atoms with E-state index < -0.39 is 0 Å². The molecule has 0 aliphatic carbocycles. The van der Waals surface area contributed by atoms with Crippen molar-refractivity contribution in [1.29, 1.82) is 0 Å². The van der Waals surface area contributed by atoms with Crippen LogP contribution in [-0.4, -0.2) is 37.6 Å². The van der Waals surface area contributed by atoms with Crippen LogP contribution in [0.2, 0.25) is 0 Å². The third kappa shape index (κ3) is 4.60. The van der Waals surface area contributed by atoms with Gasteiger partial charge in [0.2, 0.25) is 0 Å². The van der Waals surface area contributed by atoms with E-state index in [1.54, 1.807) is 0 Å². The van der Waals surface area contributed by atoms with Crippen molar-refractivity contribution < 1.29 is 0 Å². The van der Waals surface area contributed by atoms with Crippen molar-refractivity contribution in [2.24, 2.45) is 11.8 Å². The molecule has 0 aromatic carbocycles. The molecule has 2 aliphatic heterocycles. The van der Waals surface area contributed by atoms with E-state index in [0.29, 0.717) is 0 Å². The number of hydrogen-bond donors (Lipinski definition) is 1. The summed E-state index contributed by atoms with van der Waals surface area (Å²) in [5.74, 6) is 1.89. The number of hydrogen-bond acceptors (Lipinski definition) is 2. The van der Waals surface area contributed by atoms with E-state index in [0.717, 1.165) is 11.8 Å². The zero-order valence-electron chi connectivity index (χ0n) is 10.6. The van der Waals surface area contributed by atoms with Gasteiger partial charge in [0, 0.05) is 13.1 Å². The van der Waals surface area contributed by atoms with E-state index in [1.807, 2.05) is 0 Å². The Labute approximate surface area is 107 Å². The first-order chi connectivity index (χ1) is 7.34. The van der Waals surface area contributed by atoms with Gasteiger partial charge in [-0.3, -0.25) is 0 Å². The first kappa shape index (κ1) is 14.3. The molecule has 2 fully saturated rings. The van der Waals surface area contributed by atoms with Crippen molar-refractivity contribution in [2.75, 3.05) is 32.7 Å². The van der Waals surface area contributed by atoms with Crippen LogP contribution in [-0.2, 0) is 0 Å². The molecule has 0 amide bonds. The molecular formula is C13H27ClN2. The van der Waals surface area contributed by atoms with Crippen molar-refractivity contribution in [3.63, 3.8) is 0 Å². The minimum absolute atomic E-state index is 0. The number of nitrogens with zero attached hydrogens (tertiary/aromatic N) is 1. The maximum Gasteiger partial charge on any atom is 0.00107 e. The number of halogens is 1. The fraction of sp³-hybridized carbons (Fsp3) is 1.00. The highest BCUT2D eigenvalue weighted by atomic mass is 35.5. The zero-order chi connectivity index (χ0) is 10.5. The average Bonchev–Trinajstić information content (AvgIpc) is 2.44. The lowest BCUT2D eigenvalue weighted by Gasteiger charge is -2.30. The third-order valence-corrected chi connectivity index (χ3v) is 3.97. The number of piperidine rings is 1. The van der Waals surface area contributed by atoms with E-state index >= 15 is 0 Å². The van der Waals surface area contributed by atoms with E-state index in [1.165, 1.54) is 64.8 Å². The molecule has 2 aliphatic rings. The van der Waals surface area contributed by atoms with Gasteiger partial charge in [-0.1, -0.05) is 13.3 Å². The molecule has 0 aromatic rings. The number of nitrogens with one attached hydrogen (secondary N) is 1. The summed E-state index contributed by atoms with van der Waals surface area (Å²) in [4.78, 5) is 2.73. The van der Waals surface area contributed by atoms with Gasteiger partial charge in [-0.2, -0.15) is 0 Å². The molecule has 1 unspecified atom stereocenters. The van der Waals surface area contributed by atoms with Gasteiger partial charge in [0.25, 0.3) is 0 Å². The molecule has 0 radical (unpaired) electrons. The van der Waals surface area contributed by atoms with Crippen molar-refractivity contribution in [1.82, 2.24) is 10.2 Å². The highest BCUT2D eigenvalue weighted by molar-refractivity contribution is 5.85. The number of rotatable bonds is 2. The molecule has 0 aromatic heterocycles. The first-order valence-corrected chi connectivity index (χ1v) is 6.77. The second-order valence-electron chi connectivity index (χ2n) is 5.55. The average molecular weight is 247 g/mol. The minimum atomic E-state index is 0. The Morgan fingerprint density at radius 3 is 2.62 bits per heavy atom. The maximum absolute atomic E-state index is 3.45. The van der Waals surface area contributed by atoms with E-state index in [2.05, 4.69) is 17.1 Å². The van der Waals surface area contributed by atoms with E-state index in [9.17, 15) is 0 Å². The smallest absolute Gasteiger partial charge is 0.00107 e. The number of likely N-dealkylation sites (tertiary alicyclic amines) is 1. The molecular weight excluding hydrogens is 220 g/mol. The standard InChI is InChI=1S/C13H26N2.ClH/c1-12-4-2-3-9-15(10-12)11-13-5-7-14-8-6-13;/h12-14H,2-11H2,1H3;1H. The third-order valence-electron chi connectivity index (χ3n) is 3.97. The predicted molar refractivity (Wildman–Crippen MR) is 72.3 cm³/mol. The van der Waals surface area contributed by atoms with Crippen LogP contribution in [0.4, 0.5) is 0 Å². The summed E-state index contributed by atoms with van der Waals surface area (Å²) in [5.41, 5.74) is 0. The SMILES string of the molecule is CC1CCCCN(CC2CCNCC2)C1.Cl. The lowest BCUT2D eigenvalue weighted by molar-refractivity contribution is 0.195. The highest BCUT2D eigenvalue weighted by Gasteiger charge is 2.19. The normalized spacial score (nSPS) is 29.4. The predicted octanol–water partition coefficient (Wildman–Crippen LogP) is 2.53. The summed E-state index contributed by atoms with van der Waals surface area (Å²) in [6.45, 7) is 8.98. The lowest BCUT2D eigenvalue weighted by atomic mass is 9.97. The Morgan fingerprint density at radius 2 is 1.88 bits per heavy atom. The molecule has 0 spiro atoms. The Kier molecular flexibility index (Phi) is 6.71. The second-order valence-corrected chi connectivity index (χ2v) is 5.55. The monoisotopic (exact) mass is 246 g/mol. The molecule has 0 bridgehead atoms. The van der Waals surface area contributed by atoms with Crippen LogP contribution in [0.15, 0.2) is 0 Å². The topological polar surface area (TPSA) is 15.3 Å². The summed E-state index contributed by atoms with van der Waals surface area (Å²) in [6.07, 6.45) is 7.11. The minimum Gasteiger partial charge on any atom is -0.317 e. The molecule has 2 heterocycles. The molecule has 16 heavy (non-hydrogen) atoms. The van der Waals surface area contributed by atoms with Gasteiger partial charge < -0.3 is 10.2 Å².